The Balaban J connectivity index is 2.12. The van der Waals surface area contributed by atoms with Gasteiger partial charge in [-0.25, -0.2) is 4.98 Å². The van der Waals surface area contributed by atoms with Crippen LogP contribution >= 0.6 is 15.9 Å². The number of amides is 1. The second kappa shape index (κ2) is 5.43. The molecule has 2 aromatic rings. The van der Waals surface area contributed by atoms with Gasteiger partial charge in [-0.2, -0.15) is 5.26 Å². The van der Waals surface area contributed by atoms with Crippen LogP contribution in [0.25, 0.3) is 0 Å². The molecule has 0 fully saturated rings. The first-order chi connectivity index (χ1) is 8.69. The van der Waals surface area contributed by atoms with E-state index in [1.807, 2.05) is 6.07 Å². The van der Waals surface area contributed by atoms with Gasteiger partial charge in [0.2, 0.25) is 0 Å². The maximum Gasteiger partial charge on any atom is 0.255 e. The number of benzene rings is 1. The van der Waals surface area contributed by atoms with Gasteiger partial charge >= 0.3 is 0 Å². The average molecular weight is 302 g/mol. The predicted octanol–water partition coefficient (Wildman–Crippen LogP) is 2.97. The number of hydrogen-bond acceptors (Lipinski definition) is 3. The number of pyridine rings is 1. The molecule has 0 saturated carbocycles. The Kier molecular flexibility index (Phi) is 3.70. The number of carbonyl (C=O) groups is 1. The number of nitrogens with zero attached hydrogens (tertiary/aromatic N) is 2. The summed E-state index contributed by atoms with van der Waals surface area (Å²) < 4.78 is 0.707. The molecule has 0 saturated heterocycles. The number of anilines is 1. The van der Waals surface area contributed by atoms with Crippen molar-refractivity contribution in [2.75, 3.05) is 5.32 Å². The maximum absolute atomic E-state index is 11.9. The largest absolute Gasteiger partial charge is 0.321 e. The second-order valence-corrected chi connectivity index (χ2v) is 4.33. The number of rotatable bonds is 2. The molecule has 0 aliphatic carbocycles. The summed E-state index contributed by atoms with van der Waals surface area (Å²) in [4.78, 5) is 15.9. The van der Waals surface area contributed by atoms with Crippen molar-refractivity contribution < 1.29 is 4.79 Å². The van der Waals surface area contributed by atoms with Gasteiger partial charge in [0.25, 0.3) is 5.91 Å². The molecule has 4 nitrogen and oxygen atoms in total. The lowest BCUT2D eigenvalue weighted by molar-refractivity contribution is 0.102. The molecule has 0 atom stereocenters. The molecule has 1 N–H and O–H groups in total. The molecule has 0 unspecified atom stereocenters. The van der Waals surface area contributed by atoms with Gasteiger partial charge in [0.15, 0.2) is 0 Å². The van der Waals surface area contributed by atoms with Crippen molar-refractivity contribution >= 4 is 27.5 Å². The summed E-state index contributed by atoms with van der Waals surface area (Å²) in [5, 5.41) is 11.4. The number of nitriles is 1. The Hall–Kier alpha value is -2.19. The monoisotopic (exact) mass is 301 g/mol. The van der Waals surface area contributed by atoms with Crippen molar-refractivity contribution in [2.45, 2.75) is 0 Å². The maximum atomic E-state index is 11.9. The van der Waals surface area contributed by atoms with Crippen molar-refractivity contribution in [3.63, 3.8) is 0 Å². The summed E-state index contributed by atoms with van der Waals surface area (Å²) in [5.41, 5.74) is 1.64. The van der Waals surface area contributed by atoms with Gasteiger partial charge in [0, 0.05) is 5.56 Å². The highest BCUT2D eigenvalue weighted by atomic mass is 79.9. The highest BCUT2D eigenvalue weighted by molar-refractivity contribution is 9.10. The van der Waals surface area contributed by atoms with Crippen LogP contribution in [-0.4, -0.2) is 10.9 Å². The Morgan fingerprint density at radius 3 is 2.50 bits per heavy atom. The summed E-state index contributed by atoms with van der Waals surface area (Å²) >= 11 is 3.22. The van der Waals surface area contributed by atoms with Gasteiger partial charge in [0.1, 0.15) is 4.60 Å². The predicted molar refractivity (Wildman–Crippen MR) is 71.0 cm³/mol. The van der Waals surface area contributed by atoms with Crippen LogP contribution in [0.4, 0.5) is 5.69 Å². The first-order valence-electron chi connectivity index (χ1n) is 5.12. The molecule has 0 spiro atoms. The lowest BCUT2D eigenvalue weighted by atomic mass is 10.1. The summed E-state index contributed by atoms with van der Waals surface area (Å²) in [6, 6.07) is 11.9. The van der Waals surface area contributed by atoms with E-state index < -0.39 is 0 Å². The molecule has 88 valence electrons. The highest BCUT2D eigenvalue weighted by Crippen LogP contribution is 2.12. The fourth-order valence-corrected chi connectivity index (χ4v) is 1.58. The number of halogens is 1. The van der Waals surface area contributed by atoms with Crippen LogP contribution in [0.1, 0.15) is 15.9 Å². The normalized spacial score (nSPS) is 9.56. The van der Waals surface area contributed by atoms with Crippen LogP contribution in [0.2, 0.25) is 0 Å². The molecule has 1 aromatic heterocycles. The van der Waals surface area contributed by atoms with E-state index in [0.29, 0.717) is 21.4 Å². The molecule has 1 heterocycles. The third-order valence-electron chi connectivity index (χ3n) is 2.26. The molecule has 0 aliphatic rings. The number of aromatic nitrogens is 1. The molecular formula is C13H8BrN3O. The minimum atomic E-state index is -0.233. The van der Waals surface area contributed by atoms with E-state index in [1.165, 1.54) is 0 Å². The van der Waals surface area contributed by atoms with Gasteiger partial charge in [-0.3, -0.25) is 4.79 Å². The molecule has 18 heavy (non-hydrogen) atoms. The van der Waals surface area contributed by atoms with Gasteiger partial charge in [-0.1, -0.05) is 0 Å². The van der Waals surface area contributed by atoms with E-state index in [1.54, 1.807) is 42.6 Å². The zero-order valence-electron chi connectivity index (χ0n) is 9.22. The van der Waals surface area contributed by atoms with E-state index in [9.17, 15) is 4.79 Å². The molecule has 0 radical (unpaired) electrons. The lowest BCUT2D eigenvalue weighted by Gasteiger charge is -2.04. The lowest BCUT2D eigenvalue weighted by Crippen LogP contribution is -2.11. The molecule has 1 aromatic carbocycles. The molecule has 0 bridgehead atoms. The van der Waals surface area contributed by atoms with Crippen molar-refractivity contribution in [3.05, 3.63) is 58.3 Å². The Bertz CT molecular complexity index is 600. The fourth-order valence-electron chi connectivity index (χ4n) is 1.35. The van der Waals surface area contributed by atoms with Crippen molar-refractivity contribution in [1.29, 1.82) is 5.26 Å². The van der Waals surface area contributed by atoms with Crippen molar-refractivity contribution in [2.24, 2.45) is 0 Å². The summed E-state index contributed by atoms with van der Waals surface area (Å²) in [6.07, 6.45) is 1.56. The van der Waals surface area contributed by atoms with E-state index in [2.05, 4.69) is 26.2 Å². The minimum absolute atomic E-state index is 0.233. The van der Waals surface area contributed by atoms with Gasteiger partial charge in [0.05, 0.1) is 23.5 Å². The first kappa shape index (κ1) is 12.3. The highest BCUT2D eigenvalue weighted by Gasteiger charge is 2.05. The molecule has 2 rings (SSSR count). The minimum Gasteiger partial charge on any atom is -0.321 e. The standard InChI is InChI=1S/C13H8BrN3O/c14-12-6-5-11(8-16-12)17-13(18)10-3-1-9(7-15)2-4-10/h1-6,8H,(H,17,18). The van der Waals surface area contributed by atoms with Gasteiger partial charge in [-0.05, 0) is 52.3 Å². The van der Waals surface area contributed by atoms with Crippen LogP contribution < -0.4 is 5.32 Å². The number of hydrogen-bond donors (Lipinski definition) is 1. The van der Waals surface area contributed by atoms with Crippen LogP contribution in [-0.2, 0) is 0 Å². The summed E-state index contributed by atoms with van der Waals surface area (Å²) in [6.45, 7) is 0. The van der Waals surface area contributed by atoms with Gasteiger partial charge < -0.3 is 5.32 Å². The smallest absolute Gasteiger partial charge is 0.255 e. The van der Waals surface area contributed by atoms with Crippen molar-refractivity contribution in [3.8, 4) is 6.07 Å². The fraction of sp³-hybridized carbons (Fsp3) is 0. The van der Waals surface area contributed by atoms with E-state index in [0.717, 1.165) is 0 Å². The topological polar surface area (TPSA) is 65.8 Å². The SMILES string of the molecule is N#Cc1ccc(C(=O)Nc2ccc(Br)nc2)cc1. The Morgan fingerprint density at radius 1 is 1.22 bits per heavy atom. The first-order valence-corrected chi connectivity index (χ1v) is 5.91. The van der Waals surface area contributed by atoms with Gasteiger partial charge in [-0.15, -0.1) is 0 Å². The third kappa shape index (κ3) is 2.93. The van der Waals surface area contributed by atoms with E-state index in [-0.39, 0.29) is 5.91 Å². The van der Waals surface area contributed by atoms with Crippen molar-refractivity contribution in [1.82, 2.24) is 4.98 Å². The molecule has 1 amide bonds. The average Bonchev–Trinajstić information content (AvgIpc) is 2.41. The Morgan fingerprint density at radius 2 is 1.94 bits per heavy atom. The van der Waals surface area contributed by atoms with E-state index >= 15 is 0 Å². The molecular weight excluding hydrogens is 294 g/mol. The number of carbonyl (C=O) groups excluding carboxylic acids is 1. The molecule has 5 heteroatoms. The van der Waals surface area contributed by atoms with E-state index in [4.69, 9.17) is 5.26 Å². The Labute approximate surface area is 112 Å². The summed E-state index contributed by atoms with van der Waals surface area (Å²) in [7, 11) is 0. The second-order valence-electron chi connectivity index (χ2n) is 3.51. The summed E-state index contributed by atoms with van der Waals surface area (Å²) in [5.74, 6) is -0.233. The zero-order valence-corrected chi connectivity index (χ0v) is 10.8. The number of nitrogens with one attached hydrogen (secondary N) is 1. The van der Waals surface area contributed by atoms with Crippen LogP contribution in [0, 0.1) is 11.3 Å². The third-order valence-corrected chi connectivity index (χ3v) is 2.73. The van der Waals surface area contributed by atoms with Crippen LogP contribution in [0.3, 0.4) is 0 Å². The quantitative estimate of drug-likeness (QED) is 0.867. The van der Waals surface area contributed by atoms with Crippen LogP contribution in [0.5, 0.6) is 0 Å². The zero-order chi connectivity index (χ0) is 13.0. The van der Waals surface area contributed by atoms with Crippen LogP contribution in [0.15, 0.2) is 47.2 Å². The molecule has 0 aliphatic heterocycles.